The SMILES string of the molecule is CC1(CC2CCN(C(=O)CC(F)(F)F)CC2)SC(CC23CCC(CC2)C3)=NC1=O. The second kappa shape index (κ2) is 7.57. The summed E-state index contributed by atoms with van der Waals surface area (Å²) in [6.07, 6.45) is 3.48. The molecule has 0 radical (unpaired) electrons. The Morgan fingerprint density at radius 2 is 1.86 bits per heavy atom. The van der Waals surface area contributed by atoms with Gasteiger partial charge in [0.15, 0.2) is 0 Å². The first kappa shape index (κ1) is 21.2. The summed E-state index contributed by atoms with van der Waals surface area (Å²) in [6.45, 7) is 2.64. The van der Waals surface area contributed by atoms with Gasteiger partial charge in [-0.1, -0.05) is 11.8 Å². The zero-order chi connectivity index (χ0) is 20.9. The molecule has 1 atom stereocenters. The number of amides is 2. The predicted octanol–water partition coefficient (Wildman–Crippen LogP) is 4.97. The van der Waals surface area contributed by atoms with Crippen molar-refractivity contribution in [2.75, 3.05) is 13.1 Å². The van der Waals surface area contributed by atoms with E-state index in [0.717, 1.165) is 17.4 Å². The van der Waals surface area contributed by atoms with E-state index in [0.29, 0.717) is 37.8 Å². The van der Waals surface area contributed by atoms with Crippen molar-refractivity contribution in [1.29, 1.82) is 0 Å². The topological polar surface area (TPSA) is 49.7 Å². The fourth-order valence-electron chi connectivity index (χ4n) is 5.86. The molecule has 4 aliphatic rings. The van der Waals surface area contributed by atoms with E-state index in [-0.39, 0.29) is 11.8 Å². The standard InChI is InChI=1S/C21H29F3N2O2S/c1-19(10-15-4-8-26(9-5-15)17(27)13-21(22,23)24)18(28)25-16(29-19)12-20-6-2-14(11-20)3-7-20/h14-15H,2-13H2,1H3. The number of halogens is 3. The number of hydrogen-bond acceptors (Lipinski definition) is 3. The minimum atomic E-state index is -4.46. The highest BCUT2D eigenvalue weighted by Crippen LogP contribution is 2.57. The largest absolute Gasteiger partial charge is 0.397 e. The molecule has 0 aromatic heterocycles. The van der Waals surface area contributed by atoms with Gasteiger partial charge in [0.2, 0.25) is 5.91 Å². The predicted molar refractivity (Wildman–Crippen MR) is 107 cm³/mol. The molecule has 4 rings (SSSR count). The van der Waals surface area contributed by atoms with Crippen molar-refractivity contribution < 1.29 is 22.8 Å². The molecule has 2 bridgehead atoms. The number of likely N-dealkylation sites (tertiary alicyclic amines) is 1. The maximum Gasteiger partial charge on any atom is 0.397 e. The van der Waals surface area contributed by atoms with Crippen molar-refractivity contribution in [3.05, 3.63) is 0 Å². The maximum atomic E-state index is 12.7. The molecule has 2 heterocycles. The highest BCUT2D eigenvalue weighted by atomic mass is 32.2. The first-order valence-electron chi connectivity index (χ1n) is 10.7. The third-order valence-electron chi connectivity index (χ3n) is 7.43. The molecule has 0 spiro atoms. The van der Waals surface area contributed by atoms with Crippen molar-refractivity contribution in [1.82, 2.24) is 4.90 Å². The van der Waals surface area contributed by atoms with E-state index in [2.05, 4.69) is 4.99 Å². The highest BCUT2D eigenvalue weighted by molar-refractivity contribution is 8.16. The lowest BCUT2D eigenvalue weighted by molar-refractivity contribution is -0.162. The minimum absolute atomic E-state index is 0.0583. The summed E-state index contributed by atoms with van der Waals surface area (Å²) in [7, 11) is 0. The number of rotatable bonds is 5. The second-order valence-corrected chi connectivity index (χ2v) is 11.4. The van der Waals surface area contributed by atoms with Crippen LogP contribution in [0.25, 0.3) is 0 Å². The number of piperidine rings is 1. The van der Waals surface area contributed by atoms with Crippen LogP contribution in [-0.2, 0) is 9.59 Å². The monoisotopic (exact) mass is 430 g/mol. The number of aliphatic imine (C=N–C) groups is 1. The molecule has 0 aromatic carbocycles. The number of carbonyl (C=O) groups excluding carboxylic acids is 2. The Morgan fingerprint density at radius 1 is 1.21 bits per heavy atom. The van der Waals surface area contributed by atoms with Gasteiger partial charge < -0.3 is 4.90 Å². The maximum absolute atomic E-state index is 12.7. The molecule has 3 fully saturated rings. The third kappa shape index (κ3) is 4.67. The van der Waals surface area contributed by atoms with E-state index in [1.807, 2.05) is 6.92 Å². The van der Waals surface area contributed by atoms with Gasteiger partial charge in [0.05, 0.1) is 5.04 Å². The molecule has 0 N–H and O–H groups in total. The molecule has 4 nitrogen and oxygen atoms in total. The van der Waals surface area contributed by atoms with Crippen molar-refractivity contribution in [2.45, 2.75) is 82.1 Å². The van der Waals surface area contributed by atoms with Gasteiger partial charge >= 0.3 is 6.18 Å². The smallest absolute Gasteiger partial charge is 0.342 e. The minimum Gasteiger partial charge on any atom is -0.342 e. The molecule has 1 unspecified atom stereocenters. The van der Waals surface area contributed by atoms with Crippen LogP contribution in [0.4, 0.5) is 13.2 Å². The second-order valence-electron chi connectivity index (χ2n) is 9.79. The molecule has 0 aromatic rings. The average Bonchev–Trinajstić information content (AvgIpc) is 3.28. The first-order valence-corrected chi connectivity index (χ1v) is 11.5. The molecule has 29 heavy (non-hydrogen) atoms. The Labute approximate surface area is 174 Å². The summed E-state index contributed by atoms with van der Waals surface area (Å²) >= 11 is 1.62. The molecule has 8 heteroatoms. The van der Waals surface area contributed by atoms with Crippen LogP contribution in [-0.4, -0.2) is 45.8 Å². The van der Waals surface area contributed by atoms with Gasteiger partial charge in [-0.2, -0.15) is 13.2 Å². The Bertz CT molecular complexity index is 707. The van der Waals surface area contributed by atoms with E-state index in [4.69, 9.17) is 0 Å². The first-order chi connectivity index (χ1) is 13.6. The molecule has 2 saturated carbocycles. The van der Waals surface area contributed by atoms with Crippen LogP contribution >= 0.6 is 11.8 Å². The summed E-state index contributed by atoms with van der Waals surface area (Å²) < 4.78 is 36.8. The van der Waals surface area contributed by atoms with Crippen LogP contribution < -0.4 is 0 Å². The number of thioether (sulfide) groups is 1. The van der Waals surface area contributed by atoms with E-state index >= 15 is 0 Å². The molecule has 2 amide bonds. The average molecular weight is 431 g/mol. The van der Waals surface area contributed by atoms with Crippen LogP contribution in [0, 0.1) is 17.3 Å². The lowest BCUT2D eigenvalue weighted by atomic mass is 9.81. The fourth-order valence-corrected chi connectivity index (χ4v) is 7.34. The summed E-state index contributed by atoms with van der Waals surface area (Å²) in [5, 5.41) is 0.984. The summed E-state index contributed by atoms with van der Waals surface area (Å²) in [5.74, 6) is 0.206. The van der Waals surface area contributed by atoms with Crippen molar-refractivity contribution in [3.63, 3.8) is 0 Å². The summed E-state index contributed by atoms with van der Waals surface area (Å²) in [5.41, 5.74) is 0.367. The normalized spacial score (nSPS) is 35.4. The van der Waals surface area contributed by atoms with Crippen molar-refractivity contribution in [3.8, 4) is 0 Å². The number of nitrogens with zero attached hydrogens (tertiary/aromatic N) is 2. The van der Waals surface area contributed by atoms with Gasteiger partial charge in [-0.05, 0) is 75.5 Å². The zero-order valence-electron chi connectivity index (χ0n) is 16.9. The lowest BCUT2D eigenvalue weighted by Crippen LogP contribution is -2.42. The Morgan fingerprint density at radius 3 is 2.41 bits per heavy atom. The van der Waals surface area contributed by atoms with Gasteiger partial charge in [-0.15, -0.1) is 0 Å². The fraction of sp³-hybridized carbons (Fsp3) is 0.857. The van der Waals surface area contributed by atoms with Crippen LogP contribution in [0.5, 0.6) is 0 Å². The Balaban J connectivity index is 1.28. The van der Waals surface area contributed by atoms with Crippen molar-refractivity contribution in [2.24, 2.45) is 22.2 Å². The number of hydrogen-bond donors (Lipinski definition) is 0. The van der Waals surface area contributed by atoms with Gasteiger partial charge in [0.1, 0.15) is 11.2 Å². The number of carbonyl (C=O) groups is 2. The van der Waals surface area contributed by atoms with Crippen LogP contribution in [0.1, 0.15) is 71.1 Å². The quantitative estimate of drug-likeness (QED) is 0.619. The van der Waals surface area contributed by atoms with E-state index in [1.165, 1.54) is 37.0 Å². The van der Waals surface area contributed by atoms with Crippen LogP contribution in [0.15, 0.2) is 4.99 Å². The van der Waals surface area contributed by atoms with E-state index in [9.17, 15) is 22.8 Å². The Hall–Kier alpha value is -1.05. The molecule has 2 aliphatic heterocycles. The van der Waals surface area contributed by atoms with E-state index < -0.39 is 23.3 Å². The molecular formula is C21H29F3N2O2S. The van der Waals surface area contributed by atoms with Crippen LogP contribution in [0.2, 0.25) is 0 Å². The van der Waals surface area contributed by atoms with Gasteiger partial charge in [-0.3, -0.25) is 9.59 Å². The van der Waals surface area contributed by atoms with Gasteiger partial charge in [0, 0.05) is 19.5 Å². The Kier molecular flexibility index (Phi) is 5.53. The number of fused-ring (bicyclic) bond motifs is 2. The lowest BCUT2D eigenvalue weighted by Gasteiger charge is -2.35. The molecule has 162 valence electrons. The third-order valence-corrected chi connectivity index (χ3v) is 8.70. The van der Waals surface area contributed by atoms with Crippen LogP contribution in [0.3, 0.4) is 0 Å². The van der Waals surface area contributed by atoms with E-state index in [1.54, 1.807) is 11.8 Å². The summed E-state index contributed by atoms with van der Waals surface area (Å²) in [6, 6.07) is 0. The van der Waals surface area contributed by atoms with Gasteiger partial charge in [0.25, 0.3) is 5.91 Å². The molecular weight excluding hydrogens is 401 g/mol. The number of alkyl halides is 3. The highest BCUT2D eigenvalue weighted by Gasteiger charge is 2.49. The summed E-state index contributed by atoms with van der Waals surface area (Å²) in [4.78, 5) is 30.2. The van der Waals surface area contributed by atoms with Gasteiger partial charge in [-0.25, -0.2) is 4.99 Å². The van der Waals surface area contributed by atoms with Crippen molar-refractivity contribution >= 4 is 28.6 Å². The molecule has 2 aliphatic carbocycles. The molecule has 1 saturated heterocycles. The zero-order valence-corrected chi connectivity index (χ0v) is 17.7.